The van der Waals surface area contributed by atoms with Crippen LogP contribution in [0.25, 0.3) is 0 Å². The lowest BCUT2D eigenvalue weighted by atomic mass is 10.1. The van der Waals surface area contributed by atoms with Gasteiger partial charge in [-0.3, -0.25) is 0 Å². The second kappa shape index (κ2) is 7.78. The van der Waals surface area contributed by atoms with Crippen LogP contribution in [0.3, 0.4) is 0 Å². The molecule has 2 nitrogen and oxygen atoms in total. The number of ether oxygens (including phenoxy) is 1. The number of rotatable bonds is 7. The summed E-state index contributed by atoms with van der Waals surface area (Å²) in [4.78, 5) is 0.976. The maximum absolute atomic E-state index is 14.0. The molecule has 0 atom stereocenters. The van der Waals surface area contributed by atoms with Crippen molar-refractivity contribution in [2.75, 3.05) is 6.54 Å². The van der Waals surface area contributed by atoms with E-state index in [0.717, 1.165) is 17.0 Å². The highest BCUT2D eigenvalue weighted by Crippen LogP contribution is 2.26. The Bertz CT molecular complexity index is 585. The van der Waals surface area contributed by atoms with Crippen molar-refractivity contribution in [3.63, 3.8) is 0 Å². The molecule has 1 aromatic heterocycles. The number of para-hydroxylation sites is 1. The summed E-state index contributed by atoms with van der Waals surface area (Å²) in [5.74, 6) is 0.538. The van der Waals surface area contributed by atoms with E-state index in [9.17, 15) is 4.39 Å². The second-order valence-electron chi connectivity index (χ2n) is 5.25. The molecule has 1 N–H and O–H groups in total. The average molecular weight is 328 g/mol. The van der Waals surface area contributed by atoms with Gasteiger partial charge >= 0.3 is 0 Å². The lowest BCUT2D eigenvalue weighted by molar-refractivity contribution is 0.289. The van der Waals surface area contributed by atoms with Crippen LogP contribution in [0.2, 0.25) is 4.34 Å². The minimum absolute atomic E-state index is 0.318. The molecule has 1 aromatic carbocycles. The van der Waals surface area contributed by atoms with E-state index < -0.39 is 0 Å². The monoisotopic (exact) mass is 327 g/mol. The quantitative estimate of drug-likeness (QED) is 0.783. The molecule has 0 aliphatic carbocycles. The van der Waals surface area contributed by atoms with Crippen molar-refractivity contribution in [3.8, 4) is 5.75 Å². The first-order valence-electron chi connectivity index (χ1n) is 6.91. The Balaban J connectivity index is 2.02. The van der Waals surface area contributed by atoms with E-state index in [4.69, 9.17) is 16.3 Å². The van der Waals surface area contributed by atoms with E-state index in [1.54, 1.807) is 6.07 Å². The second-order valence-corrected chi connectivity index (χ2v) is 7.05. The first-order chi connectivity index (χ1) is 10.1. The Morgan fingerprint density at radius 3 is 2.76 bits per heavy atom. The fraction of sp³-hybridized carbons (Fsp3) is 0.375. The van der Waals surface area contributed by atoms with Gasteiger partial charge in [0.05, 0.1) is 4.34 Å². The third kappa shape index (κ3) is 4.99. The highest BCUT2D eigenvalue weighted by Gasteiger charge is 2.11. The SMILES string of the molecule is CC(C)CNCc1cccc(F)c1OCc1ccc(Cl)s1. The van der Waals surface area contributed by atoms with Gasteiger partial charge in [0.25, 0.3) is 0 Å². The van der Waals surface area contributed by atoms with Crippen LogP contribution in [0.15, 0.2) is 30.3 Å². The van der Waals surface area contributed by atoms with E-state index in [2.05, 4.69) is 19.2 Å². The van der Waals surface area contributed by atoms with Crippen LogP contribution < -0.4 is 10.1 Å². The van der Waals surface area contributed by atoms with Crippen molar-refractivity contribution in [1.29, 1.82) is 0 Å². The molecule has 0 spiro atoms. The minimum Gasteiger partial charge on any atom is -0.485 e. The molecule has 2 aromatic rings. The smallest absolute Gasteiger partial charge is 0.165 e. The predicted octanol–water partition coefficient (Wildman–Crippen LogP) is 4.87. The third-order valence-corrected chi connectivity index (χ3v) is 4.11. The van der Waals surface area contributed by atoms with Gasteiger partial charge in [0, 0.05) is 17.0 Å². The summed E-state index contributed by atoms with van der Waals surface area (Å²) in [7, 11) is 0. The summed E-state index contributed by atoms with van der Waals surface area (Å²) in [6.07, 6.45) is 0. The number of hydrogen-bond acceptors (Lipinski definition) is 3. The summed E-state index contributed by atoms with van der Waals surface area (Å²) < 4.78 is 20.3. The molecule has 21 heavy (non-hydrogen) atoms. The van der Waals surface area contributed by atoms with Crippen LogP contribution >= 0.6 is 22.9 Å². The van der Waals surface area contributed by atoms with E-state index >= 15 is 0 Å². The Morgan fingerprint density at radius 1 is 1.29 bits per heavy atom. The molecule has 0 radical (unpaired) electrons. The van der Waals surface area contributed by atoms with Gasteiger partial charge in [-0.05, 0) is 30.7 Å². The predicted molar refractivity (Wildman–Crippen MR) is 86.6 cm³/mol. The Kier molecular flexibility index (Phi) is 6.03. The summed E-state index contributed by atoms with van der Waals surface area (Å²) in [6, 6.07) is 8.72. The van der Waals surface area contributed by atoms with E-state index in [1.807, 2.05) is 18.2 Å². The largest absolute Gasteiger partial charge is 0.485 e. The highest BCUT2D eigenvalue weighted by molar-refractivity contribution is 7.16. The van der Waals surface area contributed by atoms with Crippen molar-refractivity contribution >= 4 is 22.9 Å². The molecule has 114 valence electrons. The first-order valence-corrected chi connectivity index (χ1v) is 8.11. The van der Waals surface area contributed by atoms with Crippen LogP contribution in [0, 0.1) is 11.7 Å². The summed E-state index contributed by atoms with van der Waals surface area (Å²) in [6.45, 7) is 6.08. The summed E-state index contributed by atoms with van der Waals surface area (Å²) in [5, 5.41) is 3.31. The maximum Gasteiger partial charge on any atom is 0.165 e. The van der Waals surface area contributed by atoms with Crippen molar-refractivity contribution < 1.29 is 9.13 Å². The molecule has 0 aliphatic rings. The number of halogens is 2. The topological polar surface area (TPSA) is 21.3 Å². The summed E-state index contributed by atoms with van der Waals surface area (Å²) in [5.41, 5.74) is 0.832. The maximum atomic E-state index is 14.0. The van der Waals surface area contributed by atoms with E-state index in [1.165, 1.54) is 17.4 Å². The van der Waals surface area contributed by atoms with Gasteiger partial charge in [-0.1, -0.05) is 37.6 Å². The molecule has 0 bridgehead atoms. The lowest BCUT2D eigenvalue weighted by Gasteiger charge is -2.13. The van der Waals surface area contributed by atoms with Crippen LogP contribution in [0.5, 0.6) is 5.75 Å². The van der Waals surface area contributed by atoms with Gasteiger partial charge in [-0.15, -0.1) is 11.3 Å². The Morgan fingerprint density at radius 2 is 2.10 bits per heavy atom. The fourth-order valence-electron chi connectivity index (χ4n) is 1.92. The van der Waals surface area contributed by atoms with Gasteiger partial charge in [-0.2, -0.15) is 0 Å². The minimum atomic E-state index is -0.332. The molecule has 0 fully saturated rings. The molecular formula is C16H19ClFNOS. The highest BCUT2D eigenvalue weighted by atomic mass is 35.5. The zero-order valence-electron chi connectivity index (χ0n) is 12.2. The van der Waals surface area contributed by atoms with Gasteiger partial charge in [0.2, 0.25) is 0 Å². The zero-order chi connectivity index (χ0) is 15.2. The van der Waals surface area contributed by atoms with E-state index in [-0.39, 0.29) is 5.82 Å². The van der Waals surface area contributed by atoms with Crippen molar-refractivity contribution in [1.82, 2.24) is 5.32 Å². The number of benzene rings is 1. The molecule has 0 saturated heterocycles. The molecule has 1 heterocycles. The molecule has 0 amide bonds. The van der Waals surface area contributed by atoms with Crippen LogP contribution in [-0.2, 0) is 13.2 Å². The standard InChI is InChI=1S/C16H19ClFNOS/c1-11(2)8-19-9-12-4-3-5-14(18)16(12)20-10-13-6-7-15(17)21-13/h3-7,11,19H,8-10H2,1-2H3. The van der Waals surface area contributed by atoms with Gasteiger partial charge in [0.15, 0.2) is 11.6 Å². The number of thiophene rings is 1. The van der Waals surface area contributed by atoms with Crippen LogP contribution in [0.4, 0.5) is 4.39 Å². The normalized spacial score (nSPS) is 11.1. The molecule has 0 unspecified atom stereocenters. The first kappa shape index (κ1) is 16.3. The lowest BCUT2D eigenvalue weighted by Crippen LogP contribution is -2.19. The zero-order valence-corrected chi connectivity index (χ0v) is 13.7. The average Bonchev–Trinajstić information content (AvgIpc) is 2.83. The van der Waals surface area contributed by atoms with Crippen molar-refractivity contribution in [2.24, 2.45) is 5.92 Å². The Labute approximate surface area is 133 Å². The summed E-state index contributed by atoms with van der Waals surface area (Å²) >= 11 is 7.32. The van der Waals surface area contributed by atoms with E-state index in [0.29, 0.717) is 29.2 Å². The van der Waals surface area contributed by atoms with Crippen LogP contribution in [0.1, 0.15) is 24.3 Å². The number of nitrogens with one attached hydrogen (secondary N) is 1. The molecular weight excluding hydrogens is 309 g/mol. The van der Waals surface area contributed by atoms with Gasteiger partial charge < -0.3 is 10.1 Å². The third-order valence-electron chi connectivity index (χ3n) is 2.90. The molecule has 2 rings (SSSR count). The Hall–Kier alpha value is -1.10. The van der Waals surface area contributed by atoms with Gasteiger partial charge in [-0.25, -0.2) is 4.39 Å². The molecule has 0 aliphatic heterocycles. The van der Waals surface area contributed by atoms with Crippen LogP contribution in [-0.4, -0.2) is 6.54 Å². The molecule has 0 saturated carbocycles. The van der Waals surface area contributed by atoms with Gasteiger partial charge in [0.1, 0.15) is 6.61 Å². The number of hydrogen-bond donors (Lipinski definition) is 1. The van der Waals surface area contributed by atoms with Crippen molar-refractivity contribution in [2.45, 2.75) is 27.0 Å². The molecule has 5 heteroatoms. The fourth-order valence-corrected chi connectivity index (χ4v) is 2.92. The van der Waals surface area contributed by atoms with Crippen molar-refractivity contribution in [3.05, 3.63) is 50.9 Å².